The highest BCUT2D eigenvalue weighted by Gasteiger charge is 2.23. The van der Waals surface area contributed by atoms with E-state index in [9.17, 15) is 4.79 Å². The molecule has 2 rings (SSSR count). The van der Waals surface area contributed by atoms with Crippen LogP contribution in [0.1, 0.15) is 12.5 Å². The molecule has 18 heavy (non-hydrogen) atoms. The van der Waals surface area contributed by atoms with E-state index >= 15 is 0 Å². The van der Waals surface area contributed by atoms with Gasteiger partial charge in [0.05, 0.1) is 5.69 Å². The predicted molar refractivity (Wildman–Crippen MR) is 70.6 cm³/mol. The van der Waals surface area contributed by atoms with Gasteiger partial charge in [-0.2, -0.15) is 0 Å². The fraction of sp³-hybridized carbons (Fsp3) is 0.462. The maximum atomic E-state index is 11.5. The summed E-state index contributed by atoms with van der Waals surface area (Å²) in [7, 11) is 2.02. The van der Waals surface area contributed by atoms with E-state index in [1.54, 1.807) is 6.92 Å². The lowest BCUT2D eigenvalue weighted by Gasteiger charge is -2.24. The van der Waals surface area contributed by atoms with E-state index in [-0.39, 0.29) is 5.91 Å². The zero-order chi connectivity index (χ0) is 13.1. The number of benzene rings is 1. The van der Waals surface area contributed by atoms with Crippen LogP contribution in [0.15, 0.2) is 18.2 Å². The van der Waals surface area contributed by atoms with E-state index in [0.717, 1.165) is 30.1 Å². The molecule has 1 amide bonds. The molecular weight excluding hydrogens is 230 g/mol. The van der Waals surface area contributed by atoms with E-state index in [4.69, 9.17) is 10.5 Å². The molecule has 1 atom stereocenters. The normalized spacial score (nSPS) is 18.2. The number of nitrogens with zero attached hydrogens (tertiary/aromatic N) is 1. The summed E-state index contributed by atoms with van der Waals surface area (Å²) in [6.07, 6.45) is -0.428. The Kier molecular flexibility index (Phi) is 3.84. The molecule has 98 valence electrons. The third kappa shape index (κ3) is 2.80. The number of nitrogens with one attached hydrogen (secondary N) is 1. The Balaban J connectivity index is 2.12. The maximum absolute atomic E-state index is 11.5. The van der Waals surface area contributed by atoms with Crippen molar-refractivity contribution < 1.29 is 9.53 Å². The van der Waals surface area contributed by atoms with Gasteiger partial charge in [0, 0.05) is 19.6 Å². The monoisotopic (exact) mass is 249 g/mol. The van der Waals surface area contributed by atoms with Crippen molar-refractivity contribution in [1.29, 1.82) is 0 Å². The molecule has 0 aliphatic carbocycles. The largest absolute Gasteiger partial charge is 0.479 e. The third-order valence-electron chi connectivity index (χ3n) is 2.94. The van der Waals surface area contributed by atoms with Gasteiger partial charge in [-0.15, -0.1) is 0 Å². The summed E-state index contributed by atoms with van der Waals surface area (Å²) < 4.78 is 5.51. The second-order valence-corrected chi connectivity index (χ2v) is 4.61. The lowest BCUT2D eigenvalue weighted by atomic mass is 10.1. The van der Waals surface area contributed by atoms with Gasteiger partial charge in [-0.05, 0) is 31.7 Å². The summed E-state index contributed by atoms with van der Waals surface area (Å²) in [5, 5.41) is 2.85. The first-order valence-corrected chi connectivity index (χ1v) is 6.09. The summed E-state index contributed by atoms with van der Waals surface area (Å²) in [5.74, 6) is 0.627. The SMILES string of the molecule is CC1Oc2ccc(CN(C)CCN)cc2NC1=O. The van der Waals surface area contributed by atoms with Crippen LogP contribution in [0.2, 0.25) is 0 Å². The smallest absolute Gasteiger partial charge is 0.265 e. The number of carbonyl (C=O) groups excluding carboxylic acids is 1. The van der Waals surface area contributed by atoms with Crippen molar-refractivity contribution in [3.05, 3.63) is 23.8 Å². The minimum atomic E-state index is -0.428. The number of ether oxygens (including phenoxy) is 1. The van der Waals surface area contributed by atoms with Gasteiger partial charge in [-0.3, -0.25) is 4.79 Å². The molecule has 1 aliphatic rings. The first kappa shape index (κ1) is 12.9. The zero-order valence-corrected chi connectivity index (χ0v) is 10.8. The average Bonchev–Trinajstić information content (AvgIpc) is 2.31. The first-order chi connectivity index (χ1) is 8.60. The van der Waals surface area contributed by atoms with Crippen LogP contribution in [0, 0.1) is 0 Å². The van der Waals surface area contributed by atoms with Gasteiger partial charge in [0.15, 0.2) is 6.10 Å². The molecule has 0 fully saturated rings. The van der Waals surface area contributed by atoms with Gasteiger partial charge in [0.2, 0.25) is 0 Å². The number of carbonyl (C=O) groups is 1. The van der Waals surface area contributed by atoms with E-state index in [0.29, 0.717) is 6.54 Å². The molecule has 1 heterocycles. The molecule has 1 aromatic carbocycles. The molecule has 5 nitrogen and oxygen atoms in total. The Morgan fingerprint density at radius 2 is 2.28 bits per heavy atom. The van der Waals surface area contributed by atoms with Crippen LogP contribution in [0.25, 0.3) is 0 Å². The van der Waals surface area contributed by atoms with Crippen molar-refractivity contribution in [2.75, 3.05) is 25.5 Å². The molecule has 0 bridgehead atoms. The van der Waals surface area contributed by atoms with Gasteiger partial charge >= 0.3 is 0 Å². The number of rotatable bonds is 4. The molecule has 1 unspecified atom stereocenters. The topological polar surface area (TPSA) is 67.6 Å². The number of hydrogen-bond donors (Lipinski definition) is 2. The first-order valence-electron chi connectivity index (χ1n) is 6.09. The Bertz CT molecular complexity index is 448. The highest BCUT2D eigenvalue weighted by Crippen LogP contribution is 2.30. The van der Waals surface area contributed by atoms with Crippen molar-refractivity contribution in [2.24, 2.45) is 5.73 Å². The van der Waals surface area contributed by atoms with Crippen molar-refractivity contribution in [1.82, 2.24) is 4.90 Å². The molecule has 1 aliphatic heterocycles. The number of amides is 1. The van der Waals surface area contributed by atoms with E-state index in [1.165, 1.54) is 0 Å². The summed E-state index contributed by atoms with van der Waals surface area (Å²) in [5.41, 5.74) is 7.38. The molecule has 0 spiro atoms. The molecule has 0 aromatic heterocycles. The summed E-state index contributed by atoms with van der Waals surface area (Å²) >= 11 is 0. The summed E-state index contributed by atoms with van der Waals surface area (Å²) in [6, 6.07) is 5.86. The van der Waals surface area contributed by atoms with Crippen LogP contribution in [0.4, 0.5) is 5.69 Å². The highest BCUT2D eigenvalue weighted by atomic mass is 16.5. The average molecular weight is 249 g/mol. The van der Waals surface area contributed by atoms with Crippen molar-refractivity contribution in [2.45, 2.75) is 19.6 Å². The van der Waals surface area contributed by atoms with Crippen molar-refractivity contribution >= 4 is 11.6 Å². The van der Waals surface area contributed by atoms with Gasteiger partial charge < -0.3 is 20.7 Å². The van der Waals surface area contributed by atoms with Crippen molar-refractivity contribution in [3.8, 4) is 5.75 Å². The number of likely N-dealkylation sites (N-methyl/N-ethyl adjacent to an activating group) is 1. The fourth-order valence-corrected chi connectivity index (χ4v) is 1.97. The van der Waals surface area contributed by atoms with Gasteiger partial charge in [-0.1, -0.05) is 6.07 Å². The summed E-state index contributed by atoms with van der Waals surface area (Å²) in [6.45, 7) is 4.02. The van der Waals surface area contributed by atoms with Gasteiger partial charge in [0.25, 0.3) is 5.91 Å². The molecule has 0 radical (unpaired) electrons. The quantitative estimate of drug-likeness (QED) is 0.828. The molecule has 3 N–H and O–H groups in total. The number of fused-ring (bicyclic) bond motifs is 1. The lowest BCUT2D eigenvalue weighted by Crippen LogP contribution is -2.34. The minimum absolute atomic E-state index is 0.102. The van der Waals surface area contributed by atoms with E-state index in [2.05, 4.69) is 10.2 Å². The zero-order valence-electron chi connectivity index (χ0n) is 10.8. The standard InChI is InChI=1S/C13H19N3O2/c1-9-13(17)15-11-7-10(3-4-12(11)18-9)8-16(2)6-5-14/h3-4,7,9H,5-6,8,14H2,1-2H3,(H,15,17). The van der Waals surface area contributed by atoms with Gasteiger partial charge in [0.1, 0.15) is 5.75 Å². The van der Waals surface area contributed by atoms with E-state index < -0.39 is 6.10 Å². The second kappa shape index (κ2) is 5.37. The van der Waals surface area contributed by atoms with Crippen LogP contribution in [0.3, 0.4) is 0 Å². The van der Waals surface area contributed by atoms with Crippen LogP contribution >= 0.6 is 0 Å². The van der Waals surface area contributed by atoms with E-state index in [1.807, 2.05) is 25.2 Å². The number of hydrogen-bond acceptors (Lipinski definition) is 4. The summed E-state index contributed by atoms with van der Waals surface area (Å²) in [4.78, 5) is 13.7. The second-order valence-electron chi connectivity index (χ2n) is 4.61. The van der Waals surface area contributed by atoms with Crippen LogP contribution in [-0.4, -0.2) is 37.0 Å². The predicted octanol–water partition coefficient (Wildman–Crippen LogP) is 0.796. The third-order valence-corrected chi connectivity index (χ3v) is 2.94. The Labute approximate surface area is 107 Å². The molecule has 1 aromatic rings. The lowest BCUT2D eigenvalue weighted by molar-refractivity contribution is -0.122. The highest BCUT2D eigenvalue weighted by molar-refractivity contribution is 5.97. The van der Waals surface area contributed by atoms with Crippen LogP contribution < -0.4 is 15.8 Å². The molecule has 5 heteroatoms. The minimum Gasteiger partial charge on any atom is -0.479 e. The number of nitrogens with two attached hydrogens (primary N) is 1. The van der Waals surface area contributed by atoms with Gasteiger partial charge in [-0.25, -0.2) is 0 Å². The molecular formula is C13H19N3O2. The molecule has 0 saturated carbocycles. The molecule has 0 saturated heterocycles. The van der Waals surface area contributed by atoms with Crippen LogP contribution in [0.5, 0.6) is 5.75 Å². The Morgan fingerprint density at radius 3 is 3.00 bits per heavy atom. The maximum Gasteiger partial charge on any atom is 0.265 e. The van der Waals surface area contributed by atoms with Crippen molar-refractivity contribution in [3.63, 3.8) is 0 Å². The number of anilines is 1. The van der Waals surface area contributed by atoms with Crippen LogP contribution in [-0.2, 0) is 11.3 Å². The Hall–Kier alpha value is -1.59. The Morgan fingerprint density at radius 1 is 1.50 bits per heavy atom. The fourth-order valence-electron chi connectivity index (χ4n) is 1.97.